The Balaban J connectivity index is 3.10. The van der Waals surface area contributed by atoms with Crippen molar-refractivity contribution in [1.29, 1.82) is 0 Å². The molecule has 0 saturated carbocycles. The summed E-state index contributed by atoms with van der Waals surface area (Å²) in [6.45, 7) is 2.12. The van der Waals surface area contributed by atoms with E-state index in [2.05, 4.69) is 10.1 Å². The molecule has 6 nitrogen and oxygen atoms in total. The van der Waals surface area contributed by atoms with Gasteiger partial charge in [-0.1, -0.05) is 11.6 Å². The molecule has 0 radical (unpaired) electrons. The van der Waals surface area contributed by atoms with Crippen molar-refractivity contribution in [2.75, 3.05) is 32.8 Å². The van der Waals surface area contributed by atoms with Crippen molar-refractivity contribution in [1.82, 2.24) is 0 Å². The minimum absolute atomic E-state index is 0.253. The summed E-state index contributed by atoms with van der Waals surface area (Å²) >= 11 is 6.12. The number of hydrogen-bond donors (Lipinski definition) is 1. The van der Waals surface area contributed by atoms with E-state index in [4.69, 9.17) is 21.1 Å². The number of nitrogens with one attached hydrogen (secondary N) is 1. The normalized spacial score (nSPS) is 10.5. The number of ether oxygens (including phenoxy) is 3. The highest BCUT2D eigenvalue weighted by atomic mass is 35.5. The molecule has 1 aromatic carbocycles. The maximum Gasteiger partial charge on any atom is 0.330 e. The van der Waals surface area contributed by atoms with Crippen molar-refractivity contribution >= 4 is 35.2 Å². The van der Waals surface area contributed by atoms with Crippen LogP contribution < -0.4 is 10.1 Å². The number of carbonyl (C=O) groups is 2. The summed E-state index contributed by atoms with van der Waals surface area (Å²) in [7, 11) is 2.85. The van der Waals surface area contributed by atoms with Crippen molar-refractivity contribution in [3.8, 4) is 5.75 Å². The highest BCUT2D eigenvalue weighted by molar-refractivity contribution is 6.32. The third kappa shape index (κ3) is 5.75. The monoisotopic (exact) mass is 327 g/mol. The zero-order valence-electron chi connectivity index (χ0n) is 12.6. The molecule has 7 heteroatoms. The minimum atomic E-state index is -0.509. The molecular formula is C15H18ClNO5. The van der Waals surface area contributed by atoms with Gasteiger partial charge in [0.15, 0.2) is 0 Å². The number of esters is 1. The van der Waals surface area contributed by atoms with E-state index in [1.54, 1.807) is 19.2 Å². The van der Waals surface area contributed by atoms with Crippen LogP contribution in [0.2, 0.25) is 5.02 Å². The Morgan fingerprint density at radius 3 is 2.59 bits per heavy atom. The molecule has 0 heterocycles. The van der Waals surface area contributed by atoms with E-state index < -0.39 is 5.97 Å². The van der Waals surface area contributed by atoms with Gasteiger partial charge in [0, 0.05) is 31.4 Å². The largest absolute Gasteiger partial charge is 0.490 e. The van der Waals surface area contributed by atoms with Gasteiger partial charge >= 0.3 is 5.97 Å². The van der Waals surface area contributed by atoms with Crippen LogP contribution in [0.5, 0.6) is 5.75 Å². The van der Waals surface area contributed by atoms with E-state index in [9.17, 15) is 9.59 Å². The van der Waals surface area contributed by atoms with Gasteiger partial charge in [-0.15, -0.1) is 0 Å². The molecule has 1 rings (SSSR count). The zero-order chi connectivity index (χ0) is 16.5. The summed E-state index contributed by atoms with van der Waals surface area (Å²) in [6, 6.07) is 3.19. The predicted octanol–water partition coefficient (Wildman–Crippen LogP) is 2.51. The van der Waals surface area contributed by atoms with Crippen LogP contribution in [-0.2, 0) is 19.1 Å². The number of benzene rings is 1. The van der Waals surface area contributed by atoms with Crippen LogP contribution in [0.15, 0.2) is 18.2 Å². The Kier molecular flexibility index (Phi) is 7.42. The number of hydrogen-bond acceptors (Lipinski definition) is 5. The van der Waals surface area contributed by atoms with Crippen LogP contribution in [0, 0.1) is 0 Å². The molecule has 0 aromatic heterocycles. The first-order chi connectivity index (χ1) is 10.5. The van der Waals surface area contributed by atoms with Crippen LogP contribution in [0.3, 0.4) is 0 Å². The molecule has 1 N–H and O–H groups in total. The zero-order valence-corrected chi connectivity index (χ0v) is 13.4. The van der Waals surface area contributed by atoms with Crippen LogP contribution in [-0.4, -0.2) is 39.3 Å². The van der Waals surface area contributed by atoms with E-state index in [-0.39, 0.29) is 5.91 Å². The predicted molar refractivity (Wildman–Crippen MR) is 84.2 cm³/mol. The van der Waals surface area contributed by atoms with Gasteiger partial charge in [-0.2, -0.15) is 0 Å². The Bertz CT molecular complexity index is 571. The first kappa shape index (κ1) is 18.0. The van der Waals surface area contributed by atoms with Gasteiger partial charge in [0.25, 0.3) is 0 Å². The summed E-state index contributed by atoms with van der Waals surface area (Å²) in [4.78, 5) is 22.5. The number of methoxy groups -OCH3 is 2. The number of amides is 1. The first-order valence-electron chi connectivity index (χ1n) is 6.46. The molecule has 0 fully saturated rings. The Hall–Kier alpha value is -2.05. The quantitative estimate of drug-likeness (QED) is 0.473. The minimum Gasteiger partial charge on any atom is -0.490 e. The van der Waals surface area contributed by atoms with E-state index in [0.29, 0.717) is 35.2 Å². The molecule has 0 aliphatic heterocycles. The highest BCUT2D eigenvalue weighted by Gasteiger charge is 2.10. The fraction of sp³-hybridized carbons (Fsp3) is 0.333. The molecule has 120 valence electrons. The lowest BCUT2D eigenvalue weighted by molar-refractivity contribution is -0.134. The lowest BCUT2D eigenvalue weighted by atomic mass is 10.1. The van der Waals surface area contributed by atoms with Crippen LogP contribution in [0.4, 0.5) is 5.69 Å². The third-order valence-corrected chi connectivity index (χ3v) is 2.86. The second-order valence-corrected chi connectivity index (χ2v) is 4.66. The summed E-state index contributed by atoms with van der Waals surface area (Å²) < 4.78 is 14.9. The van der Waals surface area contributed by atoms with E-state index in [0.717, 1.165) is 0 Å². The number of carbonyl (C=O) groups excluding carboxylic acids is 2. The third-order valence-electron chi connectivity index (χ3n) is 2.56. The van der Waals surface area contributed by atoms with Crippen molar-refractivity contribution in [3.63, 3.8) is 0 Å². The van der Waals surface area contributed by atoms with Gasteiger partial charge in [0.2, 0.25) is 5.91 Å². The van der Waals surface area contributed by atoms with E-state index >= 15 is 0 Å². The molecule has 22 heavy (non-hydrogen) atoms. The fourth-order valence-electron chi connectivity index (χ4n) is 1.58. The first-order valence-corrected chi connectivity index (χ1v) is 6.84. The van der Waals surface area contributed by atoms with Crippen molar-refractivity contribution in [3.05, 3.63) is 28.8 Å². The molecule has 0 saturated heterocycles. The second-order valence-electron chi connectivity index (χ2n) is 4.25. The average molecular weight is 328 g/mol. The molecule has 0 spiro atoms. The van der Waals surface area contributed by atoms with Crippen molar-refractivity contribution < 1.29 is 23.8 Å². The van der Waals surface area contributed by atoms with Gasteiger partial charge < -0.3 is 19.5 Å². The molecule has 0 unspecified atom stereocenters. The molecular weight excluding hydrogens is 310 g/mol. The van der Waals surface area contributed by atoms with E-state index in [1.807, 2.05) is 0 Å². The fourth-order valence-corrected chi connectivity index (χ4v) is 1.79. The molecule has 0 bridgehead atoms. The number of rotatable bonds is 7. The number of halogens is 1. The van der Waals surface area contributed by atoms with Crippen molar-refractivity contribution in [2.24, 2.45) is 0 Å². The van der Waals surface area contributed by atoms with Crippen LogP contribution in [0.25, 0.3) is 6.08 Å². The van der Waals surface area contributed by atoms with Gasteiger partial charge in [-0.25, -0.2) is 4.79 Å². The lowest BCUT2D eigenvalue weighted by Crippen LogP contribution is -2.09. The maximum absolute atomic E-state index is 11.2. The summed E-state index contributed by atoms with van der Waals surface area (Å²) in [5.74, 6) is -0.334. The highest BCUT2D eigenvalue weighted by Crippen LogP contribution is 2.32. The van der Waals surface area contributed by atoms with E-state index in [1.165, 1.54) is 26.2 Å². The smallest absolute Gasteiger partial charge is 0.330 e. The summed E-state index contributed by atoms with van der Waals surface area (Å²) in [5, 5.41) is 2.99. The summed E-state index contributed by atoms with van der Waals surface area (Å²) in [5.41, 5.74) is 1.04. The SMILES string of the molecule is COCCOc1cc(/C=C/C(=O)OC)c(NC(C)=O)cc1Cl. The average Bonchev–Trinajstić information content (AvgIpc) is 2.47. The molecule has 1 amide bonds. The molecule has 1 aromatic rings. The van der Waals surface area contributed by atoms with Gasteiger partial charge in [-0.05, 0) is 18.2 Å². The Labute approximate surface area is 134 Å². The van der Waals surface area contributed by atoms with Gasteiger partial charge in [0.1, 0.15) is 12.4 Å². The molecule has 0 atom stereocenters. The lowest BCUT2D eigenvalue weighted by Gasteiger charge is -2.13. The standard InChI is InChI=1S/C15H18ClNO5/c1-10(18)17-13-9-12(16)14(22-7-6-20-2)8-11(13)4-5-15(19)21-3/h4-5,8-9H,6-7H2,1-3H3,(H,17,18)/b5-4+. The summed E-state index contributed by atoms with van der Waals surface area (Å²) in [6.07, 6.45) is 2.75. The van der Waals surface area contributed by atoms with Gasteiger partial charge in [0.05, 0.1) is 18.7 Å². The second kappa shape index (κ2) is 9.07. The van der Waals surface area contributed by atoms with Crippen LogP contribution in [0.1, 0.15) is 12.5 Å². The van der Waals surface area contributed by atoms with Crippen LogP contribution >= 0.6 is 11.6 Å². The molecule has 0 aliphatic rings. The Morgan fingerprint density at radius 1 is 1.27 bits per heavy atom. The maximum atomic E-state index is 11.2. The number of anilines is 1. The van der Waals surface area contributed by atoms with Crippen molar-refractivity contribution in [2.45, 2.75) is 6.92 Å². The Morgan fingerprint density at radius 2 is 2.00 bits per heavy atom. The topological polar surface area (TPSA) is 73.9 Å². The molecule has 0 aliphatic carbocycles. The van der Waals surface area contributed by atoms with Gasteiger partial charge in [-0.3, -0.25) is 4.79 Å².